The molecule has 0 aliphatic rings. The van der Waals surface area contributed by atoms with Crippen molar-refractivity contribution >= 4 is 0 Å². The van der Waals surface area contributed by atoms with Crippen molar-refractivity contribution in [1.29, 1.82) is 0 Å². The molecule has 0 heteroatoms. The lowest BCUT2D eigenvalue weighted by Gasteiger charge is -1.68. The molecule has 0 aromatic rings. The molecule has 0 aliphatic carbocycles. The lowest BCUT2D eigenvalue weighted by atomic mass is 10.7. The highest BCUT2D eigenvalue weighted by atomic mass is 14.3. The standard InChI is InChI=1S/C4H10/c1-3-4-2/h3-4H2,1-2H3/i1+1,3+1. The van der Waals surface area contributed by atoms with Crippen molar-refractivity contribution < 1.29 is 0 Å². The second-order valence-electron chi connectivity index (χ2n) is 1.000. The largest absolute Gasteiger partial charge is 0.0654 e. The molecule has 0 fully saturated rings. The lowest BCUT2D eigenvalue weighted by Crippen LogP contribution is -1.47. The summed E-state index contributed by atoms with van der Waals surface area (Å²) in [6, 6.07) is 0. The van der Waals surface area contributed by atoms with E-state index in [1.165, 1.54) is 12.8 Å². The Morgan fingerprint density at radius 1 is 1.00 bits per heavy atom. The smallest absolute Gasteiger partial charge is 0.0564 e. The summed E-state index contributed by atoms with van der Waals surface area (Å²) in [7, 11) is 0. The van der Waals surface area contributed by atoms with Gasteiger partial charge in [0.15, 0.2) is 0 Å². The zero-order valence-electron chi connectivity index (χ0n) is 3.41. The van der Waals surface area contributed by atoms with Crippen LogP contribution in [-0.2, 0) is 0 Å². The molecule has 0 nitrogen and oxygen atoms in total. The fraction of sp³-hybridized carbons (Fsp3) is 1.00. The third kappa shape index (κ3) is 2.00. The zero-order valence-corrected chi connectivity index (χ0v) is 3.41. The van der Waals surface area contributed by atoms with Gasteiger partial charge in [-0.3, -0.25) is 0 Å². The third-order valence-electron chi connectivity index (χ3n) is 0.500. The summed E-state index contributed by atoms with van der Waals surface area (Å²) in [5, 5.41) is 0. The van der Waals surface area contributed by atoms with Crippen LogP contribution in [0, 0.1) is 0 Å². The van der Waals surface area contributed by atoms with Gasteiger partial charge in [0.25, 0.3) is 0 Å². The zero-order chi connectivity index (χ0) is 3.41. The summed E-state index contributed by atoms with van der Waals surface area (Å²) in [6.45, 7) is 4.36. The summed E-state index contributed by atoms with van der Waals surface area (Å²) in [5.41, 5.74) is 0. The molecule has 0 N–H and O–H groups in total. The Hall–Kier alpha value is 0. The molecule has 0 radical (unpaired) electrons. The SMILES string of the molecule is CC[13CH2][13CH3]. The molecule has 0 amide bonds. The first-order valence-electron chi connectivity index (χ1n) is 1.91. The van der Waals surface area contributed by atoms with Crippen LogP contribution in [0.4, 0.5) is 0 Å². The Bertz CT molecular complexity index is 2.00. The molecule has 0 aromatic heterocycles. The van der Waals surface area contributed by atoms with Gasteiger partial charge < -0.3 is 0 Å². The average Bonchev–Trinajstić information content (AvgIpc) is 1.37. The van der Waals surface area contributed by atoms with Crippen molar-refractivity contribution in [3.8, 4) is 0 Å². The first-order chi connectivity index (χ1) is 1.91. The van der Waals surface area contributed by atoms with Gasteiger partial charge in [-0.15, -0.1) is 0 Å². The van der Waals surface area contributed by atoms with E-state index in [4.69, 9.17) is 0 Å². The molecule has 0 spiro atoms. The number of hydrogen-bond donors (Lipinski definition) is 0. The van der Waals surface area contributed by atoms with Gasteiger partial charge in [-0.05, 0) is 0 Å². The van der Waals surface area contributed by atoms with Crippen LogP contribution in [0.2, 0.25) is 0 Å². The monoisotopic (exact) mass is 60.1 g/mol. The van der Waals surface area contributed by atoms with Crippen LogP contribution in [0.15, 0.2) is 0 Å². The summed E-state index contributed by atoms with van der Waals surface area (Å²) < 4.78 is 0. The minimum Gasteiger partial charge on any atom is -0.0654 e. The minimum absolute atomic E-state index is 1.32. The predicted molar refractivity (Wildman–Crippen MR) is 20.6 cm³/mol. The topological polar surface area (TPSA) is 0 Å². The summed E-state index contributed by atoms with van der Waals surface area (Å²) >= 11 is 0. The second kappa shape index (κ2) is 3.00. The van der Waals surface area contributed by atoms with Crippen LogP contribution in [0.5, 0.6) is 0 Å². The number of hydrogen-bond acceptors (Lipinski definition) is 0. The van der Waals surface area contributed by atoms with Gasteiger partial charge >= 0.3 is 0 Å². The molecule has 0 rings (SSSR count). The maximum Gasteiger partial charge on any atom is -0.0564 e. The van der Waals surface area contributed by atoms with Gasteiger partial charge in [-0.2, -0.15) is 0 Å². The third-order valence-corrected chi connectivity index (χ3v) is 0.500. The normalized spacial score (nSPS) is 7.50. The van der Waals surface area contributed by atoms with E-state index in [0.29, 0.717) is 0 Å². The van der Waals surface area contributed by atoms with Crippen LogP contribution in [0.1, 0.15) is 26.7 Å². The van der Waals surface area contributed by atoms with Crippen LogP contribution in [0.25, 0.3) is 0 Å². The van der Waals surface area contributed by atoms with Crippen LogP contribution in [-0.4, -0.2) is 0 Å². The van der Waals surface area contributed by atoms with Crippen LogP contribution < -0.4 is 0 Å². The van der Waals surface area contributed by atoms with E-state index < -0.39 is 0 Å². The molecule has 0 atom stereocenters. The molecule has 0 heterocycles. The number of unbranched alkanes of at least 4 members (excludes halogenated alkanes) is 1. The molecule has 0 aromatic carbocycles. The molecule has 4 heavy (non-hydrogen) atoms. The summed E-state index contributed by atoms with van der Waals surface area (Å²) in [6.07, 6.45) is 2.64. The minimum atomic E-state index is 1.32. The van der Waals surface area contributed by atoms with Crippen LogP contribution in [0.3, 0.4) is 0 Å². The van der Waals surface area contributed by atoms with E-state index in [1.54, 1.807) is 0 Å². The van der Waals surface area contributed by atoms with E-state index >= 15 is 0 Å². The Morgan fingerprint density at radius 2 is 1.25 bits per heavy atom. The van der Waals surface area contributed by atoms with E-state index in [-0.39, 0.29) is 0 Å². The van der Waals surface area contributed by atoms with Gasteiger partial charge in [-0.25, -0.2) is 0 Å². The maximum atomic E-state index is 2.18. The highest BCUT2D eigenvalue weighted by Crippen LogP contribution is 1.76. The van der Waals surface area contributed by atoms with Crippen molar-refractivity contribution in [3.05, 3.63) is 0 Å². The number of rotatable bonds is 1. The van der Waals surface area contributed by atoms with E-state index in [0.717, 1.165) is 0 Å². The lowest BCUT2D eigenvalue weighted by molar-refractivity contribution is 0.886. The van der Waals surface area contributed by atoms with E-state index in [2.05, 4.69) is 13.8 Å². The Kier molecular flexibility index (Phi) is 3.00. The summed E-state index contributed by atoms with van der Waals surface area (Å²) in [5.74, 6) is 0. The first-order valence-corrected chi connectivity index (χ1v) is 1.91. The van der Waals surface area contributed by atoms with E-state index in [9.17, 15) is 0 Å². The average molecular weight is 60.1 g/mol. The molecule has 0 bridgehead atoms. The fourth-order valence-corrected chi connectivity index (χ4v) is 0. The Morgan fingerprint density at radius 3 is 1.25 bits per heavy atom. The van der Waals surface area contributed by atoms with Crippen molar-refractivity contribution in [3.63, 3.8) is 0 Å². The molecular formula is C4H10. The van der Waals surface area contributed by atoms with E-state index in [1.807, 2.05) is 0 Å². The van der Waals surface area contributed by atoms with Crippen LogP contribution >= 0.6 is 0 Å². The molecular weight excluding hydrogens is 50.0 g/mol. The predicted octanol–water partition coefficient (Wildman–Crippen LogP) is 1.81. The molecule has 0 saturated heterocycles. The molecule has 0 aliphatic heterocycles. The van der Waals surface area contributed by atoms with Gasteiger partial charge in [0.1, 0.15) is 0 Å². The van der Waals surface area contributed by atoms with Crippen molar-refractivity contribution in [2.24, 2.45) is 0 Å². The fourth-order valence-electron chi connectivity index (χ4n) is 0. The maximum absolute atomic E-state index is 2.18. The first kappa shape index (κ1) is 4.00. The van der Waals surface area contributed by atoms with Gasteiger partial charge in [-0.1, -0.05) is 26.7 Å². The summed E-state index contributed by atoms with van der Waals surface area (Å²) in [4.78, 5) is 0. The molecule has 26 valence electrons. The highest BCUT2D eigenvalue weighted by molar-refractivity contribution is 4.12. The highest BCUT2D eigenvalue weighted by Gasteiger charge is 1.56. The molecule has 0 unspecified atom stereocenters. The van der Waals surface area contributed by atoms with Crippen molar-refractivity contribution in [2.75, 3.05) is 0 Å². The van der Waals surface area contributed by atoms with Crippen molar-refractivity contribution in [1.82, 2.24) is 0 Å². The quantitative estimate of drug-likeness (QED) is 0.405. The molecule has 0 saturated carbocycles. The Balaban J connectivity index is 1.97. The van der Waals surface area contributed by atoms with Gasteiger partial charge in [0.2, 0.25) is 0 Å². The second-order valence-corrected chi connectivity index (χ2v) is 1.000. The Labute approximate surface area is 27.8 Å². The van der Waals surface area contributed by atoms with Gasteiger partial charge in [0, 0.05) is 0 Å². The van der Waals surface area contributed by atoms with Crippen molar-refractivity contribution in [2.45, 2.75) is 26.7 Å². The van der Waals surface area contributed by atoms with Gasteiger partial charge in [0.05, 0.1) is 0 Å².